The smallest absolute Gasteiger partial charge is 0.0720 e. The van der Waals surface area contributed by atoms with Crippen LogP contribution < -0.4 is 10.1 Å². The zero-order valence-corrected chi connectivity index (χ0v) is 31.5. The van der Waals surface area contributed by atoms with E-state index >= 15 is 0 Å². The average Bonchev–Trinajstić information content (AvgIpc) is 3.51. The van der Waals surface area contributed by atoms with Gasteiger partial charge in [0.2, 0.25) is 0 Å². The van der Waals surface area contributed by atoms with Crippen LogP contribution in [0.4, 0.5) is 11.4 Å². The Morgan fingerprint density at radius 3 is 2.06 bits per heavy atom. The van der Waals surface area contributed by atoms with Crippen LogP contribution in [0.15, 0.2) is 115 Å². The quantitative estimate of drug-likeness (QED) is 0.138. The van der Waals surface area contributed by atoms with Crippen molar-refractivity contribution in [2.75, 3.05) is 4.90 Å². The highest BCUT2D eigenvalue weighted by Crippen LogP contribution is 2.65. The fourth-order valence-corrected chi connectivity index (χ4v) is 12.1. The third kappa shape index (κ3) is 5.90. The predicted octanol–water partition coefficient (Wildman–Crippen LogP) is 12.5. The number of fused-ring (bicyclic) bond motifs is 3. The second-order valence-electron chi connectivity index (χ2n) is 16.4. The monoisotopic (exact) mass is 684 g/mol. The van der Waals surface area contributed by atoms with E-state index in [1.807, 2.05) is 5.57 Å². The molecule has 0 aromatic heterocycles. The lowest BCUT2D eigenvalue weighted by molar-refractivity contribution is 0.125. The minimum absolute atomic E-state index is 0.236. The molecule has 5 aliphatic carbocycles. The number of nitrogens with zero attached hydrogens (tertiary/aromatic N) is 1. The summed E-state index contributed by atoms with van der Waals surface area (Å²) in [6.07, 6.45) is 26.3. The normalized spacial score (nSPS) is 27.5. The Bertz CT molecular complexity index is 1910. The Morgan fingerprint density at radius 1 is 0.588 bits per heavy atom. The lowest BCUT2D eigenvalue weighted by atomic mass is 9.53. The molecule has 0 spiro atoms. The van der Waals surface area contributed by atoms with Crippen LogP contribution in [0.25, 0.3) is 16.7 Å². The number of allylic oxidation sites excluding steroid dienone is 4. The molecule has 5 aliphatic rings. The summed E-state index contributed by atoms with van der Waals surface area (Å²) in [7, 11) is 3.98. The molecule has 4 aromatic carbocycles. The van der Waals surface area contributed by atoms with Crippen molar-refractivity contribution in [3.8, 4) is 11.1 Å². The Morgan fingerprint density at radius 2 is 1.29 bits per heavy atom. The minimum Gasteiger partial charge on any atom is -0.338 e. The molecule has 2 fully saturated rings. The molecule has 2 heteroatoms. The molecule has 9 rings (SSSR count). The topological polar surface area (TPSA) is 3.24 Å². The fourth-order valence-electron chi connectivity index (χ4n) is 11.8. The molecule has 0 aliphatic heterocycles. The molecule has 0 N–H and O–H groups in total. The van der Waals surface area contributed by atoms with Crippen LogP contribution in [0.2, 0.25) is 0 Å². The first-order valence-corrected chi connectivity index (χ1v) is 21.0. The van der Waals surface area contributed by atoms with Crippen molar-refractivity contribution in [2.45, 2.75) is 120 Å². The molecule has 3 atom stereocenters. The van der Waals surface area contributed by atoms with Crippen molar-refractivity contribution in [3.05, 3.63) is 131 Å². The van der Waals surface area contributed by atoms with Crippen molar-refractivity contribution >= 4 is 32.4 Å². The highest BCUT2D eigenvalue weighted by Gasteiger charge is 2.58. The molecule has 4 aromatic rings. The summed E-state index contributed by atoms with van der Waals surface area (Å²) >= 11 is 0. The van der Waals surface area contributed by atoms with E-state index in [1.54, 1.807) is 11.1 Å². The average molecular weight is 685 g/mol. The van der Waals surface area contributed by atoms with E-state index in [1.165, 1.54) is 136 Å². The molecule has 0 amide bonds. The van der Waals surface area contributed by atoms with E-state index in [0.29, 0.717) is 12.0 Å². The second kappa shape index (κ2) is 14.4. The molecular weight excluding hydrogens is 631 g/mol. The molecule has 3 radical (unpaired) electrons. The first kappa shape index (κ1) is 33.2. The molecule has 3 unspecified atom stereocenters. The fraction of sp³-hybridized carbons (Fsp3) is 0.429. The zero-order valence-electron chi connectivity index (χ0n) is 30.5. The second-order valence-corrected chi connectivity index (χ2v) is 16.9. The molecule has 0 bridgehead atoms. The summed E-state index contributed by atoms with van der Waals surface area (Å²) in [6.45, 7) is 0. The number of anilines is 2. The van der Waals surface area contributed by atoms with E-state index in [-0.39, 0.29) is 5.41 Å². The van der Waals surface area contributed by atoms with Crippen LogP contribution in [0.1, 0.15) is 125 Å². The van der Waals surface area contributed by atoms with Crippen molar-refractivity contribution in [2.24, 2.45) is 11.8 Å². The van der Waals surface area contributed by atoms with Crippen molar-refractivity contribution in [1.29, 1.82) is 0 Å². The Labute approximate surface area is 310 Å². The SMILES string of the molecule is [Si]c1ccccc1-c1ccccc1N(c1ccc(C2=CCCCC2)cc1)C1CCC(C2(C3=CCCCC3)c3ccccc3C3CCCCC32)CC1. The van der Waals surface area contributed by atoms with Gasteiger partial charge in [-0.1, -0.05) is 115 Å². The van der Waals surface area contributed by atoms with Crippen molar-refractivity contribution < 1.29 is 0 Å². The highest BCUT2D eigenvalue weighted by molar-refractivity contribution is 6.36. The van der Waals surface area contributed by atoms with Gasteiger partial charge in [0, 0.05) is 28.4 Å². The first-order valence-electron chi connectivity index (χ1n) is 20.5. The highest BCUT2D eigenvalue weighted by atomic mass is 28.1. The summed E-state index contributed by atoms with van der Waals surface area (Å²) in [5.41, 5.74) is 13.7. The predicted molar refractivity (Wildman–Crippen MR) is 217 cm³/mol. The van der Waals surface area contributed by atoms with Gasteiger partial charge in [-0.05, 0) is 154 Å². The van der Waals surface area contributed by atoms with E-state index in [0.717, 1.165) is 17.0 Å². The van der Waals surface area contributed by atoms with Crippen LogP contribution in [0.5, 0.6) is 0 Å². The van der Waals surface area contributed by atoms with Gasteiger partial charge in [0.1, 0.15) is 0 Å². The lowest BCUT2D eigenvalue weighted by Crippen LogP contribution is -2.47. The molecular formula is C49H54NSi. The van der Waals surface area contributed by atoms with Gasteiger partial charge in [0.05, 0.1) is 10.2 Å². The largest absolute Gasteiger partial charge is 0.338 e. The van der Waals surface area contributed by atoms with Crippen molar-refractivity contribution in [3.63, 3.8) is 0 Å². The summed E-state index contributed by atoms with van der Waals surface area (Å²) in [6, 6.07) is 37.9. The standard InChI is InChI=1S/C49H54NSi/c51-48-26-14-10-22-44(48)43-21-9-13-25-47(43)50(39-31-27-36(28-32-39)35-15-3-1-4-16-35)40-33-29-38(30-34-40)49(37-17-5-2-6-18-37)45-23-11-7-19-41(45)42-20-8-12-24-46(42)49/h7,9-11,13-15,17,19,21-23,25-28,31-32,38,40,42,46H,1-6,8,12,16,18,20,24,29-30,33-34H2. The number of hydrogen-bond acceptors (Lipinski definition) is 1. The molecule has 1 nitrogen and oxygen atoms in total. The number of hydrogen-bond donors (Lipinski definition) is 0. The van der Waals surface area contributed by atoms with E-state index in [2.05, 4.69) is 124 Å². The first-order chi connectivity index (χ1) is 25.2. The molecule has 2 saturated carbocycles. The van der Waals surface area contributed by atoms with Crippen LogP contribution >= 0.6 is 0 Å². The molecule has 51 heavy (non-hydrogen) atoms. The van der Waals surface area contributed by atoms with Gasteiger partial charge in [-0.2, -0.15) is 0 Å². The van der Waals surface area contributed by atoms with Gasteiger partial charge in [-0.25, -0.2) is 0 Å². The van der Waals surface area contributed by atoms with Crippen LogP contribution in [-0.2, 0) is 5.41 Å². The third-order valence-corrected chi connectivity index (χ3v) is 14.3. The summed E-state index contributed by atoms with van der Waals surface area (Å²) in [4.78, 5) is 2.75. The van der Waals surface area contributed by atoms with E-state index < -0.39 is 0 Å². The summed E-state index contributed by atoms with van der Waals surface area (Å²) in [5.74, 6) is 2.25. The number of rotatable bonds is 7. The maximum atomic E-state index is 3.98. The number of benzene rings is 4. The van der Waals surface area contributed by atoms with Gasteiger partial charge >= 0.3 is 0 Å². The van der Waals surface area contributed by atoms with Gasteiger partial charge < -0.3 is 4.90 Å². The molecule has 259 valence electrons. The molecule has 0 saturated heterocycles. The van der Waals surface area contributed by atoms with Crippen molar-refractivity contribution in [1.82, 2.24) is 0 Å². The van der Waals surface area contributed by atoms with Gasteiger partial charge in [-0.15, -0.1) is 0 Å². The summed E-state index contributed by atoms with van der Waals surface area (Å²) < 4.78 is 0. The molecule has 0 heterocycles. The van der Waals surface area contributed by atoms with Gasteiger partial charge in [-0.3, -0.25) is 0 Å². The Hall–Kier alpha value is -3.62. The third-order valence-electron chi connectivity index (χ3n) is 13.9. The minimum atomic E-state index is 0.236. The lowest BCUT2D eigenvalue weighted by Gasteiger charge is -2.51. The van der Waals surface area contributed by atoms with Crippen LogP contribution in [0, 0.1) is 11.8 Å². The number of para-hydroxylation sites is 1. The Kier molecular flexibility index (Phi) is 9.40. The van der Waals surface area contributed by atoms with Gasteiger partial charge in [0.15, 0.2) is 0 Å². The van der Waals surface area contributed by atoms with Gasteiger partial charge in [0.25, 0.3) is 0 Å². The van der Waals surface area contributed by atoms with E-state index in [9.17, 15) is 0 Å². The van der Waals surface area contributed by atoms with Crippen LogP contribution in [-0.4, -0.2) is 16.3 Å². The maximum Gasteiger partial charge on any atom is 0.0720 e. The maximum absolute atomic E-state index is 3.98. The Balaban J connectivity index is 1.10. The zero-order chi connectivity index (χ0) is 34.2. The van der Waals surface area contributed by atoms with Crippen LogP contribution in [0.3, 0.4) is 0 Å². The van der Waals surface area contributed by atoms with E-state index in [4.69, 9.17) is 0 Å². The summed E-state index contributed by atoms with van der Waals surface area (Å²) in [5, 5.41) is 1.15.